The predicted molar refractivity (Wildman–Crippen MR) is 143 cm³/mol. The fraction of sp³-hybridized carbons (Fsp3) is 0.208. The molecule has 0 unspecified atom stereocenters. The topological polar surface area (TPSA) is 88.7 Å². The van der Waals surface area contributed by atoms with E-state index < -0.39 is 11.8 Å². The third kappa shape index (κ3) is 7.41. The van der Waals surface area contributed by atoms with Gasteiger partial charge in [-0.15, -0.1) is 0 Å². The minimum absolute atomic E-state index is 0.0516. The Balaban J connectivity index is 1.47. The second kappa shape index (κ2) is 12.1. The quantitative estimate of drug-likeness (QED) is 0.255. The Morgan fingerprint density at radius 2 is 1.79 bits per heavy atom. The maximum atomic E-state index is 12.4. The van der Waals surface area contributed by atoms with Crippen molar-refractivity contribution >= 4 is 71.8 Å². The van der Waals surface area contributed by atoms with Crippen molar-refractivity contribution in [1.29, 1.82) is 0 Å². The molecule has 0 heterocycles. The van der Waals surface area contributed by atoms with E-state index >= 15 is 0 Å². The molecule has 7 nitrogen and oxygen atoms in total. The first-order chi connectivity index (χ1) is 16.2. The van der Waals surface area contributed by atoms with Crippen LogP contribution in [0.2, 0.25) is 0 Å². The van der Waals surface area contributed by atoms with Gasteiger partial charge in [0.2, 0.25) is 0 Å². The minimum atomic E-state index is -0.469. The molecule has 0 fully saturated rings. The van der Waals surface area contributed by atoms with Gasteiger partial charge in [0, 0.05) is 10.0 Å². The van der Waals surface area contributed by atoms with Crippen LogP contribution in [0, 0.1) is 5.92 Å². The van der Waals surface area contributed by atoms with Gasteiger partial charge in [0.1, 0.15) is 11.5 Å². The molecule has 0 aliphatic carbocycles. The number of ether oxygens (including phenoxy) is 2. The maximum absolute atomic E-state index is 12.4. The normalized spacial score (nSPS) is 10.6. The summed E-state index contributed by atoms with van der Waals surface area (Å²) in [4.78, 5) is 24.6. The van der Waals surface area contributed by atoms with Crippen LogP contribution in [0.4, 0.5) is 0 Å². The number of hydrazine groups is 1. The summed E-state index contributed by atoms with van der Waals surface area (Å²) in [6, 6.07) is 16.3. The standard InChI is InChI=1S/C24H23Br2N3O4S/c1-14(2)12-32-18-5-3-4-16(11-18)23(31)27-24(34)29-28-21(30)13-33-20-9-6-15-10-17(25)7-8-19(15)22(20)26/h3-11,14H,12-13H2,1-2H3,(H,28,30)(H2,27,29,31,34). The van der Waals surface area contributed by atoms with Crippen molar-refractivity contribution in [2.24, 2.45) is 5.92 Å². The van der Waals surface area contributed by atoms with Gasteiger partial charge < -0.3 is 9.47 Å². The second-order valence-corrected chi connectivity index (χ2v) is 9.84. The number of benzene rings is 3. The van der Waals surface area contributed by atoms with Crippen molar-refractivity contribution in [2.45, 2.75) is 13.8 Å². The van der Waals surface area contributed by atoms with E-state index in [4.69, 9.17) is 21.7 Å². The van der Waals surface area contributed by atoms with Gasteiger partial charge in [-0.3, -0.25) is 25.8 Å². The van der Waals surface area contributed by atoms with Gasteiger partial charge in [0.25, 0.3) is 11.8 Å². The summed E-state index contributed by atoms with van der Waals surface area (Å²) in [7, 11) is 0. The molecule has 3 aromatic rings. The van der Waals surface area contributed by atoms with Crippen LogP contribution in [-0.4, -0.2) is 30.1 Å². The SMILES string of the molecule is CC(C)COc1cccc(C(=O)NC(=S)NNC(=O)COc2ccc3cc(Br)ccc3c2Br)c1. The molecule has 0 atom stereocenters. The van der Waals surface area contributed by atoms with E-state index in [0.29, 0.717) is 29.6 Å². The number of halogens is 2. The van der Waals surface area contributed by atoms with Crippen LogP contribution >= 0.6 is 44.1 Å². The van der Waals surface area contributed by atoms with Crippen molar-refractivity contribution in [2.75, 3.05) is 13.2 Å². The van der Waals surface area contributed by atoms with Gasteiger partial charge in [0.15, 0.2) is 11.7 Å². The Hall–Kier alpha value is -2.69. The van der Waals surface area contributed by atoms with Crippen molar-refractivity contribution < 1.29 is 19.1 Å². The summed E-state index contributed by atoms with van der Waals surface area (Å²) in [6.07, 6.45) is 0. The third-order valence-corrected chi connectivity index (χ3v) is 5.98. The average molecular weight is 609 g/mol. The zero-order chi connectivity index (χ0) is 24.7. The number of fused-ring (bicyclic) bond motifs is 1. The highest BCUT2D eigenvalue weighted by Gasteiger charge is 2.12. The summed E-state index contributed by atoms with van der Waals surface area (Å²) < 4.78 is 13.0. The molecule has 0 radical (unpaired) electrons. The molecular weight excluding hydrogens is 586 g/mol. The van der Waals surface area contributed by atoms with Gasteiger partial charge in [-0.1, -0.05) is 48.0 Å². The lowest BCUT2D eigenvalue weighted by Gasteiger charge is -2.13. The van der Waals surface area contributed by atoms with E-state index in [1.165, 1.54) is 0 Å². The number of hydrogen-bond donors (Lipinski definition) is 3. The van der Waals surface area contributed by atoms with E-state index in [1.54, 1.807) is 30.3 Å². The Morgan fingerprint density at radius 3 is 2.56 bits per heavy atom. The molecule has 3 N–H and O–H groups in total. The Bertz CT molecular complexity index is 1220. The fourth-order valence-electron chi connectivity index (χ4n) is 2.86. The van der Waals surface area contributed by atoms with Crippen molar-refractivity contribution in [3.05, 3.63) is 69.1 Å². The number of rotatable bonds is 7. The lowest BCUT2D eigenvalue weighted by atomic mass is 10.1. The van der Waals surface area contributed by atoms with Crippen LogP contribution < -0.4 is 25.6 Å². The summed E-state index contributed by atoms with van der Waals surface area (Å²) in [5.41, 5.74) is 5.28. The summed E-state index contributed by atoms with van der Waals surface area (Å²) in [5.74, 6) is 0.596. The summed E-state index contributed by atoms with van der Waals surface area (Å²) in [6.45, 7) is 4.38. The van der Waals surface area contributed by atoms with E-state index in [-0.39, 0.29) is 11.7 Å². The largest absolute Gasteiger partial charge is 0.493 e. The molecule has 34 heavy (non-hydrogen) atoms. The fourth-order valence-corrected chi connectivity index (χ4v) is 3.99. The van der Waals surface area contributed by atoms with E-state index in [1.807, 2.05) is 38.1 Å². The third-order valence-electron chi connectivity index (χ3n) is 4.46. The molecule has 3 aromatic carbocycles. The van der Waals surface area contributed by atoms with Crippen LogP contribution in [0.25, 0.3) is 10.8 Å². The second-order valence-electron chi connectivity index (χ2n) is 7.72. The molecule has 3 rings (SSSR count). The highest BCUT2D eigenvalue weighted by molar-refractivity contribution is 9.11. The molecule has 178 valence electrons. The number of carbonyl (C=O) groups excluding carboxylic acids is 2. The summed E-state index contributed by atoms with van der Waals surface area (Å²) >= 11 is 12.1. The van der Waals surface area contributed by atoms with Gasteiger partial charge >= 0.3 is 0 Å². The molecule has 0 saturated carbocycles. The van der Waals surface area contributed by atoms with Crippen molar-refractivity contribution in [1.82, 2.24) is 16.2 Å². The first kappa shape index (κ1) is 25.9. The molecule has 0 aromatic heterocycles. The minimum Gasteiger partial charge on any atom is -0.493 e. The first-order valence-electron chi connectivity index (χ1n) is 10.4. The van der Waals surface area contributed by atoms with Crippen molar-refractivity contribution in [3.8, 4) is 11.5 Å². The average Bonchev–Trinajstić information content (AvgIpc) is 2.81. The zero-order valence-corrected chi connectivity index (χ0v) is 22.5. The lowest BCUT2D eigenvalue weighted by Crippen LogP contribution is -2.49. The van der Waals surface area contributed by atoms with Gasteiger partial charge in [-0.2, -0.15) is 0 Å². The number of nitrogens with one attached hydrogen (secondary N) is 3. The highest BCUT2D eigenvalue weighted by atomic mass is 79.9. The number of hydrogen-bond acceptors (Lipinski definition) is 5. The maximum Gasteiger partial charge on any atom is 0.276 e. The van der Waals surface area contributed by atoms with Crippen LogP contribution in [0.1, 0.15) is 24.2 Å². The molecule has 0 saturated heterocycles. The molecule has 10 heteroatoms. The Kier molecular flexibility index (Phi) is 9.26. The number of thiocarbonyl (C=S) groups is 1. The van der Waals surface area contributed by atoms with Gasteiger partial charge in [-0.05, 0) is 81.2 Å². The zero-order valence-electron chi connectivity index (χ0n) is 18.5. The Labute approximate surface area is 219 Å². The molecule has 0 bridgehead atoms. The van der Waals surface area contributed by atoms with Crippen LogP contribution in [0.5, 0.6) is 11.5 Å². The molecule has 0 aliphatic rings. The smallest absolute Gasteiger partial charge is 0.276 e. The number of amides is 2. The lowest BCUT2D eigenvalue weighted by molar-refractivity contribution is -0.123. The highest BCUT2D eigenvalue weighted by Crippen LogP contribution is 2.34. The monoisotopic (exact) mass is 607 g/mol. The molecule has 0 spiro atoms. The van der Waals surface area contributed by atoms with E-state index in [9.17, 15) is 9.59 Å². The van der Waals surface area contributed by atoms with Crippen LogP contribution in [0.15, 0.2) is 63.5 Å². The summed E-state index contributed by atoms with van der Waals surface area (Å²) in [5, 5.41) is 4.44. The Morgan fingerprint density at radius 1 is 1.00 bits per heavy atom. The van der Waals surface area contributed by atoms with Gasteiger partial charge in [0.05, 0.1) is 11.1 Å². The van der Waals surface area contributed by atoms with E-state index in [0.717, 1.165) is 19.7 Å². The molecular formula is C24H23Br2N3O4S. The first-order valence-corrected chi connectivity index (χ1v) is 12.4. The van der Waals surface area contributed by atoms with Crippen molar-refractivity contribution in [3.63, 3.8) is 0 Å². The number of carbonyl (C=O) groups is 2. The molecule has 2 amide bonds. The molecule has 0 aliphatic heterocycles. The van der Waals surface area contributed by atoms with Crippen LogP contribution in [0.3, 0.4) is 0 Å². The van der Waals surface area contributed by atoms with E-state index in [2.05, 4.69) is 48.0 Å². The predicted octanol–water partition coefficient (Wildman–Crippen LogP) is 5.11. The van der Waals surface area contributed by atoms with Crippen LogP contribution in [-0.2, 0) is 4.79 Å². The van der Waals surface area contributed by atoms with Gasteiger partial charge in [-0.25, -0.2) is 0 Å².